The Kier molecular flexibility index (Phi) is 8.18. The van der Waals surface area contributed by atoms with Crippen LogP contribution in [0.5, 0.6) is 0 Å². The van der Waals surface area contributed by atoms with Gasteiger partial charge in [0.25, 0.3) is 23.4 Å². The second-order valence-corrected chi connectivity index (χ2v) is 12.3. The van der Waals surface area contributed by atoms with Crippen molar-refractivity contribution in [2.24, 2.45) is 29.1 Å². The van der Waals surface area contributed by atoms with Crippen LogP contribution in [0.3, 0.4) is 0 Å². The van der Waals surface area contributed by atoms with Gasteiger partial charge in [0.15, 0.2) is 5.67 Å². The standard InChI is InChI=1S/C26H38ClF2N5O5/c1-5-13(6-2)17(31-24(39)26(29)8-9-26)22(37)33-12-15-16(25(15,3)4)18(33)21(36)32-34(23(38)19(27)28)11-14-7-10-30-20(14)35/h13-19H,5-12H2,1-4H3,(H,30,35)(H,31,39)(H,32,36)/t14-,15-,16-,17-,18-,19-/m0/s1. The Balaban J connectivity index is 1.57. The van der Waals surface area contributed by atoms with Crippen molar-refractivity contribution in [3.05, 3.63) is 0 Å². The van der Waals surface area contributed by atoms with E-state index in [2.05, 4.69) is 16.1 Å². The molecule has 0 aromatic heterocycles. The average Bonchev–Trinajstić information content (AvgIpc) is 3.56. The largest absolute Gasteiger partial charge is 0.356 e. The first kappa shape index (κ1) is 29.5. The molecular weight excluding hydrogens is 536 g/mol. The first-order chi connectivity index (χ1) is 18.3. The maximum atomic E-state index is 14.5. The van der Waals surface area contributed by atoms with Gasteiger partial charge in [-0.15, -0.1) is 0 Å². The minimum atomic E-state index is -2.44. The molecule has 4 aliphatic rings. The van der Waals surface area contributed by atoms with Gasteiger partial charge in [-0.05, 0) is 42.4 Å². The summed E-state index contributed by atoms with van der Waals surface area (Å²) in [5, 5.41) is 5.98. The lowest BCUT2D eigenvalue weighted by Crippen LogP contribution is -2.61. The molecule has 0 spiro atoms. The number of fused-ring (bicyclic) bond motifs is 1. The van der Waals surface area contributed by atoms with Gasteiger partial charge in [0, 0.05) is 13.1 Å². The third kappa shape index (κ3) is 5.58. The van der Waals surface area contributed by atoms with Crippen molar-refractivity contribution in [3.8, 4) is 0 Å². The van der Waals surface area contributed by atoms with Crippen LogP contribution < -0.4 is 16.1 Å². The highest BCUT2D eigenvalue weighted by atomic mass is 35.5. The topological polar surface area (TPSA) is 128 Å². The van der Waals surface area contributed by atoms with E-state index in [1.54, 1.807) is 0 Å². The summed E-state index contributed by atoms with van der Waals surface area (Å²) in [6.07, 6.45) is 1.71. The van der Waals surface area contributed by atoms with Crippen molar-refractivity contribution >= 4 is 41.1 Å². The van der Waals surface area contributed by atoms with Crippen LogP contribution in [-0.2, 0) is 24.0 Å². The molecule has 218 valence electrons. The number of carbonyl (C=O) groups excluding carboxylic acids is 5. The van der Waals surface area contributed by atoms with Crippen LogP contribution in [0.25, 0.3) is 0 Å². The number of hydrazine groups is 1. The fourth-order valence-corrected chi connectivity index (χ4v) is 6.41. The molecule has 2 heterocycles. The van der Waals surface area contributed by atoms with Crippen LogP contribution in [0.2, 0.25) is 0 Å². The lowest BCUT2D eigenvalue weighted by atomic mass is 9.91. The van der Waals surface area contributed by atoms with E-state index in [0.717, 1.165) is 5.01 Å². The molecule has 3 N–H and O–H groups in total. The van der Waals surface area contributed by atoms with Gasteiger partial charge in [-0.25, -0.2) is 13.8 Å². The number of rotatable bonds is 10. The number of amides is 5. The number of halogens is 3. The predicted octanol–water partition coefficient (Wildman–Crippen LogP) is 1.42. The minimum Gasteiger partial charge on any atom is -0.356 e. The van der Waals surface area contributed by atoms with Crippen LogP contribution in [0.1, 0.15) is 59.8 Å². The minimum absolute atomic E-state index is 0.00193. The summed E-state index contributed by atoms with van der Waals surface area (Å²) in [5.74, 6) is -4.72. The molecule has 10 nitrogen and oxygen atoms in total. The van der Waals surface area contributed by atoms with Crippen LogP contribution in [0.15, 0.2) is 0 Å². The molecule has 4 fully saturated rings. The molecule has 6 atom stereocenters. The number of nitrogens with zero attached hydrogens (tertiary/aromatic N) is 2. The molecule has 0 unspecified atom stereocenters. The molecule has 0 bridgehead atoms. The molecule has 2 aliphatic carbocycles. The number of nitrogens with one attached hydrogen (secondary N) is 3. The molecule has 0 aromatic carbocycles. The van der Waals surface area contributed by atoms with Gasteiger partial charge < -0.3 is 15.5 Å². The van der Waals surface area contributed by atoms with Crippen LogP contribution in [0.4, 0.5) is 8.78 Å². The fraction of sp³-hybridized carbons (Fsp3) is 0.808. The molecule has 5 amide bonds. The smallest absolute Gasteiger partial charge is 0.291 e. The Labute approximate surface area is 231 Å². The van der Waals surface area contributed by atoms with E-state index >= 15 is 0 Å². The second kappa shape index (κ2) is 10.8. The van der Waals surface area contributed by atoms with Crippen molar-refractivity contribution in [1.29, 1.82) is 0 Å². The van der Waals surface area contributed by atoms with E-state index in [1.807, 2.05) is 27.7 Å². The normalized spacial score (nSPS) is 29.2. The molecule has 13 heteroatoms. The highest BCUT2D eigenvalue weighted by molar-refractivity contribution is 6.29. The van der Waals surface area contributed by atoms with E-state index in [9.17, 15) is 32.8 Å². The maximum absolute atomic E-state index is 14.5. The summed E-state index contributed by atoms with van der Waals surface area (Å²) in [5.41, 5.74) is -2.23. The molecule has 2 saturated heterocycles. The van der Waals surface area contributed by atoms with Crippen LogP contribution >= 0.6 is 11.6 Å². The molecule has 0 radical (unpaired) electrons. The highest BCUT2D eigenvalue weighted by Crippen LogP contribution is 2.65. The number of hydrogen-bond acceptors (Lipinski definition) is 5. The van der Waals surface area contributed by atoms with Crippen LogP contribution in [-0.4, -0.2) is 82.5 Å². The predicted molar refractivity (Wildman–Crippen MR) is 137 cm³/mol. The summed E-state index contributed by atoms with van der Waals surface area (Å²) in [6.45, 7) is 8.08. The monoisotopic (exact) mass is 573 g/mol. The molecule has 0 aromatic rings. The zero-order valence-corrected chi connectivity index (χ0v) is 23.5. The fourth-order valence-electron chi connectivity index (χ4n) is 6.29. The number of carbonyl (C=O) groups is 5. The van der Waals surface area contributed by atoms with Crippen molar-refractivity contribution in [3.63, 3.8) is 0 Å². The summed E-state index contributed by atoms with van der Waals surface area (Å²) >= 11 is 5.40. The van der Waals surface area contributed by atoms with Gasteiger partial charge in [-0.2, -0.15) is 0 Å². The first-order valence-corrected chi connectivity index (χ1v) is 14.2. The maximum Gasteiger partial charge on any atom is 0.291 e. The van der Waals surface area contributed by atoms with Gasteiger partial charge in [-0.3, -0.25) is 29.4 Å². The second-order valence-electron chi connectivity index (χ2n) is 11.9. The molecule has 39 heavy (non-hydrogen) atoms. The van der Waals surface area contributed by atoms with Gasteiger partial charge in [-0.1, -0.05) is 52.1 Å². The molecular formula is C26H38ClF2N5O5. The Morgan fingerprint density at radius 2 is 1.85 bits per heavy atom. The summed E-state index contributed by atoms with van der Waals surface area (Å²) in [6, 6.07) is -2.03. The number of piperidine rings is 1. The number of hydrogen-bond donors (Lipinski definition) is 3. The Hall–Kier alpha value is -2.50. The Morgan fingerprint density at radius 1 is 1.21 bits per heavy atom. The van der Waals surface area contributed by atoms with Crippen LogP contribution in [0, 0.1) is 29.1 Å². The van der Waals surface area contributed by atoms with Gasteiger partial charge in [0.2, 0.25) is 11.8 Å². The average molecular weight is 574 g/mol. The van der Waals surface area contributed by atoms with Gasteiger partial charge in [0.1, 0.15) is 12.1 Å². The lowest BCUT2D eigenvalue weighted by molar-refractivity contribution is -0.151. The third-order valence-corrected chi connectivity index (χ3v) is 9.38. The van der Waals surface area contributed by atoms with E-state index in [1.165, 1.54) is 4.90 Å². The van der Waals surface area contributed by atoms with Crippen molar-refractivity contribution in [1.82, 2.24) is 26.0 Å². The van der Waals surface area contributed by atoms with E-state index in [0.29, 0.717) is 25.8 Å². The summed E-state index contributed by atoms with van der Waals surface area (Å²) in [7, 11) is 0. The van der Waals surface area contributed by atoms with Crippen molar-refractivity contribution < 1.29 is 32.8 Å². The molecule has 4 rings (SSSR count). The zero-order valence-electron chi connectivity index (χ0n) is 22.8. The Morgan fingerprint density at radius 3 is 2.36 bits per heavy atom. The SMILES string of the molecule is CCC(CC)[C@H](NC(=O)C1(F)CC1)C(=O)N1C[C@H]2[C@@H]([C@H]1C(=O)NN(C[C@@H]1CCNC1=O)C(=O)[C@H](F)Cl)C2(C)C. The lowest BCUT2D eigenvalue weighted by Gasteiger charge is -2.36. The third-order valence-electron chi connectivity index (χ3n) is 9.19. The highest BCUT2D eigenvalue weighted by Gasteiger charge is 2.70. The van der Waals surface area contributed by atoms with Crippen molar-refractivity contribution in [2.75, 3.05) is 19.6 Å². The Bertz CT molecular complexity index is 1030. The first-order valence-electron chi connectivity index (χ1n) is 13.7. The summed E-state index contributed by atoms with van der Waals surface area (Å²) in [4.78, 5) is 66.2. The van der Waals surface area contributed by atoms with Gasteiger partial charge >= 0.3 is 0 Å². The molecule has 2 aliphatic heterocycles. The van der Waals surface area contributed by atoms with E-state index in [-0.39, 0.29) is 55.0 Å². The van der Waals surface area contributed by atoms with Crippen molar-refractivity contribution in [2.45, 2.75) is 83.2 Å². The summed E-state index contributed by atoms with van der Waals surface area (Å²) < 4.78 is 28.4. The number of alkyl halides is 3. The molecule has 2 saturated carbocycles. The zero-order chi connectivity index (χ0) is 28.9. The van der Waals surface area contributed by atoms with Gasteiger partial charge in [0.05, 0.1) is 12.5 Å². The van der Waals surface area contributed by atoms with E-state index < -0.39 is 52.9 Å². The quantitative estimate of drug-likeness (QED) is 0.269. The van der Waals surface area contributed by atoms with E-state index in [4.69, 9.17) is 11.6 Å². The number of likely N-dealkylation sites (tertiary alicyclic amines) is 1.